The average molecular weight is 242 g/mol. The number of aliphatic hydroxyl groups excluding tert-OH is 1. The van der Waals surface area contributed by atoms with E-state index >= 15 is 0 Å². The lowest BCUT2D eigenvalue weighted by molar-refractivity contribution is 0.284. The third kappa shape index (κ3) is 6.32. The molecule has 0 aromatic rings. The molecule has 0 aromatic carbocycles. The van der Waals surface area contributed by atoms with E-state index in [0.717, 1.165) is 19.4 Å². The number of aliphatic hydroxyl groups is 1. The third-order valence-corrected chi connectivity index (χ3v) is 7.62. The minimum absolute atomic E-state index is 0.160. The maximum Gasteiger partial charge on any atom is 0.191 e. The van der Waals surface area contributed by atoms with E-state index in [-0.39, 0.29) is 11.6 Å². The highest BCUT2D eigenvalue weighted by molar-refractivity contribution is 6.74. The summed E-state index contributed by atoms with van der Waals surface area (Å²) in [6.45, 7) is 12.3. The van der Waals surface area contributed by atoms with Gasteiger partial charge in [-0.2, -0.15) is 0 Å². The van der Waals surface area contributed by atoms with Crippen LogP contribution >= 0.6 is 0 Å². The minimum Gasteiger partial charge on any atom is -0.417 e. The van der Waals surface area contributed by atoms with Crippen LogP contribution in [0.25, 0.3) is 0 Å². The fourth-order valence-corrected chi connectivity index (χ4v) is 2.02. The van der Waals surface area contributed by atoms with Crippen LogP contribution in [0.4, 0.5) is 0 Å². The van der Waals surface area contributed by atoms with Gasteiger partial charge in [0.2, 0.25) is 0 Å². The normalized spacial score (nSPS) is 12.1. The van der Waals surface area contributed by atoms with Gasteiger partial charge in [-0.3, -0.25) is 0 Å². The molecule has 0 heterocycles. The predicted octanol–water partition coefficient (Wildman–Crippen LogP) is 3.17. The van der Waals surface area contributed by atoms with Gasteiger partial charge in [0, 0.05) is 19.4 Å². The van der Waals surface area contributed by atoms with Crippen LogP contribution in [0.2, 0.25) is 18.1 Å². The van der Waals surface area contributed by atoms with Crippen LogP contribution in [0.3, 0.4) is 0 Å². The van der Waals surface area contributed by atoms with Crippen molar-refractivity contribution in [1.82, 2.24) is 0 Å². The van der Waals surface area contributed by atoms with E-state index in [9.17, 15) is 0 Å². The monoisotopic (exact) mass is 242 g/mol. The van der Waals surface area contributed by atoms with Crippen LogP contribution in [-0.4, -0.2) is 26.6 Å². The molecule has 0 spiro atoms. The van der Waals surface area contributed by atoms with Gasteiger partial charge in [0.05, 0.1) is 6.61 Å². The second-order valence-corrected chi connectivity index (χ2v) is 10.3. The summed E-state index contributed by atoms with van der Waals surface area (Å²) < 4.78 is 6.02. The zero-order chi connectivity index (χ0) is 12.7. The Kier molecular flexibility index (Phi) is 6.97. The molecule has 0 aromatic heterocycles. The zero-order valence-corrected chi connectivity index (χ0v) is 12.4. The van der Waals surface area contributed by atoms with Crippen LogP contribution < -0.4 is 0 Å². The van der Waals surface area contributed by atoms with Gasteiger partial charge in [-0.15, -0.1) is 11.8 Å². The summed E-state index contributed by atoms with van der Waals surface area (Å²) in [4.78, 5) is 0. The molecule has 94 valence electrons. The number of unbranched alkanes of at least 4 members (excludes halogenated alkanes) is 1. The Morgan fingerprint density at radius 3 is 2.19 bits per heavy atom. The predicted molar refractivity (Wildman–Crippen MR) is 71.9 cm³/mol. The fourth-order valence-electron chi connectivity index (χ4n) is 0.937. The van der Waals surface area contributed by atoms with Crippen molar-refractivity contribution in [2.24, 2.45) is 0 Å². The van der Waals surface area contributed by atoms with E-state index in [4.69, 9.17) is 9.53 Å². The number of hydrogen-bond donors (Lipinski definition) is 1. The SMILES string of the molecule is CC(C)(C)[Si](C)(C)OCCCC#CCCO. The molecule has 0 fully saturated rings. The number of hydrogen-bond acceptors (Lipinski definition) is 2. The Balaban J connectivity index is 3.72. The summed E-state index contributed by atoms with van der Waals surface area (Å²) in [5.41, 5.74) is 0. The first kappa shape index (κ1) is 15.7. The van der Waals surface area contributed by atoms with Crippen LogP contribution in [0.1, 0.15) is 40.0 Å². The Morgan fingerprint density at radius 2 is 1.69 bits per heavy atom. The minimum atomic E-state index is -1.57. The molecule has 0 amide bonds. The van der Waals surface area contributed by atoms with Crippen molar-refractivity contribution in [3.8, 4) is 11.8 Å². The largest absolute Gasteiger partial charge is 0.417 e. The van der Waals surface area contributed by atoms with Crippen molar-refractivity contribution in [2.75, 3.05) is 13.2 Å². The fraction of sp³-hybridized carbons (Fsp3) is 0.846. The molecule has 0 aliphatic rings. The molecule has 0 saturated carbocycles. The highest BCUT2D eigenvalue weighted by atomic mass is 28.4. The van der Waals surface area contributed by atoms with Crippen molar-refractivity contribution in [3.05, 3.63) is 0 Å². The molecule has 0 saturated heterocycles. The summed E-state index contributed by atoms with van der Waals surface area (Å²) in [6.07, 6.45) is 2.45. The molecule has 16 heavy (non-hydrogen) atoms. The summed E-state index contributed by atoms with van der Waals surface area (Å²) in [5.74, 6) is 5.96. The van der Waals surface area contributed by atoms with Crippen LogP contribution in [0, 0.1) is 11.8 Å². The van der Waals surface area contributed by atoms with Crippen molar-refractivity contribution in [1.29, 1.82) is 0 Å². The lowest BCUT2D eigenvalue weighted by atomic mass is 10.2. The smallest absolute Gasteiger partial charge is 0.191 e. The number of rotatable bonds is 5. The molecule has 2 nitrogen and oxygen atoms in total. The van der Waals surface area contributed by atoms with Gasteiger partial charge >= 0.3 is 0 Å². The highest BCUT2D eigenvalue weighted by Gasteiger charge is 2.36. The topological polar surface area (TPSA) is 29.5 Å². The maximum atomic E-state index is 8.54. The first-order chi connectivity index (χ1) is 7.31. The lowest BCUT2D eigenvalue weighted by Gasteiger charge is -2.36. The Hall–Kier alpha value is -0.303. The molecular weight excluding hydrogens is 216 g/mol. The standard InChI is InChI=1S/C13H26O2Si/c1-13(2,3)16(4,5)15-12-10-8-6-7-9-11-14/h14H,8-12H2,1-5H3. The quantitative estimate of drug-likeness (QED) is 0.456. The van der Waals surface area contributed by atoms with E-state index in [0.29, 0.717) is 6.42 Å². The Morgan fingerprint density at radius 1 is 1.12 bits per heavy atom. The summed E-state index contributed by atoms with van der Waals surface area (Å²) in [6, 6.07) is 0. The van der Waals surface area contributed by atoms with Gasteiger partial charge in [-0.25, -0.2) is 0 Å². The third-order valence-electron chi connectivity index (χ3n) is 3.08. The molecule has 0 radical (unpaired) electrons. The molecule has 0 unspecified atom stereocenters. The second kappa shape index (κ2) is 7.11. The summed E-state index contributed by atoms with van der Waals surface area (Å²) in [5, 5.41) is 8.83. The average Bonchev–Trinajstić information content (AvgIpc) is 2.14. The molecule has 0 rings (SSSR count). The molecule has 0 bridgehead atoms. The Bertz CT molecular complexity index is 243. The van der Waals surface area contributed by atoms with E-state index in [1.165, 1.54) is 0 Å². The van der Waals surface area contributed by atoms with E-state index in [1.54, 1.807) is 0 Å². The molecule has 0 aliphatic heterocycles. The van der Waals surface area contributed by atoms with Crippen molar-refractivity contribution >= 4 is 8.32 Å². The summed E-state index contributed by atoms with van der Waals surface area (Å²) >= 11 is 0. The van der Waals surface area contributed by atoms with E-state index in [2.05, 4.69) is 45.7 Å². The van der Waals surface area contributed by atoms with Gasteiger partial charge in [-0.05, 0) is 24.6 Å². The zero-order valence-electron chi connectivity index (χ0n) is 11.4. The Labute approximate surface area is 102 Å². The van der Waals surface area contributed by atoms with Crippen LogP contribution in [-0.2, 0) is 4.43 Å². The van der Waals surface area contributed by atoms with Crippen molar-refractivity contribution < 1.29 is 9.53 Å². The van der Waals surface area contributed by atoms with Gasteiger partial charge in [0.25, 0.3) is 0 Å². The van der Waals surface area contributed by atoms with Crippen LogP contribution in [0.15, 0.2) is 0 Å². The van der Waals surface area contributed by atoms with E-state index < -0.39 is 8.32 Å². The van der Waals surface area contributed by atoms with Gasteiger partial charge in [0.15, 0.2) is 8.32 Å². The first-order valence-electron chi connectivity index (χ1n) is 6.02. The van der Waals surface area contributed by atoms with E-state index in [1.807, 2.05) is 0 Å². The van der Waals surface area contributed by atoms with Crippen molar-refractivity contribution in [3.63, 3.8) is 0 Å². The highest BCUT2D eigenvalue weighted by Crippen LogP contribution is 2.36. The van der Waals surface area contributed by atoms with Crippen LogP contribution in [0.5, 0.6) is 0 Å². The van der Waals surface area contributed by atoms with Gasteiger partial charge in [0.1, 0.15) is 0 Å². The maximum absolute atomic E-state index is 8.54. The van der Waals surface area contributed by atoms with Gasteiger partial charge in [-0.1, -0.05) is 20.8 Å². The molecular formula is C13H26O2Si. The molecule has 0 atom stereocenters. The molecule has 0 aliphatic carbocycles. The molecule has 3 heteroatoms. The molecule has 1 N–H and O–H groups in total. The second-order valence-electron chi connectivity index (χ2n) is 5.54. The first-order valence-corrected chi connectivity index (χ1v) is 8.92. The van der Waals surface area contributed by atoms with Crippen molar-refractivity contribution in [2.45, 2.75) is 58.2 Å². The van der Waals surface area contributed by atoms with Gasteiger partial charge < -0.3 is 9.53 Å². The lowest BCUT2D eigenvalue weighted by Crippen LogP contribution is -2.40. The summed E-state index contributed by atoms with van der Waals surface area (Å²) in [7, 11) is -1.57.